The molecule has 1 rings (SSSR count). The summed E-state index contributed by atoms with van der Waals surface area (Å²) in [4.78, 5) is 1.91. The zero-order valence-corrected chi connectivity index (χ0v) is 11.7. The Morgan fingerprint density at radius 3 is 2.29 bits per heavy atom. The Morgan fingerprint density at radius 2 is 1.76 bits per heavy atom. The molecule has 0 bridgehead atoms. The van der Waals surface area contributed by atoms with Crippen LogP contribution in [0.4, 0.5) is 10.1 Å². The number of anilines is 1. The van der Waals surface area contributed by atoms with Crippen molar-refractivity contribution in [2.45, 2.75) is 0 Å². The fraction of sp³-hybridized carbons (Fsp3) is 0.500. The number of hydrogen-bond acceptors (Lipinski definition) is 3. The van der Waals surface area contributed by atoms with Gasteiger partial charge in [-0.2, -0.15) is 0 Å². The lowest BCUT2D eigenvalue weighted by molar-refractivity contribution is 0.190. The van der Waals surface area contributed by atoms with Crippen molar-refractivity contribution in [1.29, 1.82) is 0 Å². The number of halogens is 2. The molecular formula is C12H17BrFNO2. The molecule has 0 N–H and O–H groups in total. The van der Waals surface area contributed by atoms with Gasteiger partial charge in [0.25, 0.3) is 0 Å². The van der Waals surface area contributed by atoms with E-state index in [1.54, 1.807) is 26.4 Å². The second-order valence-corrected chi connectivity index (χ2v) is 4.48. The molecule has 96 valence electrons. The number of ether oxygens (including phenoxy) is 2. The normalized spacial score (nSPS) is 10.6. The zero-order chi connectivity index (χ0) is 12.7. The molecule has 1 aromatic carbocycles. The van der Waals surface area contributed by atoms with Gasteiger partial charge in [0.2, 0.25) is 0 Å². The Balaban J connectivity index is 2.82. The Hall–Kier alpha value is -0.650. The second kappa shape index (κ2) is 7.63. The first kappa shape index (κ1) is 14.4. The first-order valence-corrected chi connectivity index (χ1v) is 6.16. The average Bonchev–Trinajstić information content (AvgIpc) is 2.33. The monoisotopic (exact) mass is 305 g/mol. The van der Waals surface area contributed by atoms with Gasteiger partial charge >= 0.3 is 0 Å². The van der Waals surface area contributed by atoms with Crippen molar-refractivity contribution in [3.8, 4) is 0 Å². The van der Waals surface area contributed by atoms with Crippen molar-refractivity contribution in [2.75, 3.05) is 45.4 Å². The average molecular weight is 306 g/mol. The maximum absolute atomic E-state index is 13.7. The summed E-state index contributed by atoms with van der Waals surface area (Å²) in [5.74, 6) is -0.236. The summed E-state index contributed by atoms with van der Waals surface area (Å²) in [6, 6.07) is 4.90. The number of benzene rings is 1. The molecule has 5 heteroatoms. The van der Waals surface area contributed by atoms with Gasteiger partial charge in [0.05, 0.1) is 18.9 Å². The molecule has 0 unspecified atom stereocenters. The van der Waals surface area contributed by atoms with E-state index >= 15 is 0 Å². The quantitative estimate of drug-likeness (QED) is 0.773. The molecule has 0 heterocycles. The highest BCUT2D eigenvalue weighted by atomic mass is 79.9. The van der Waals surface area contributed by atoms with Crippen LogP contribution in [0.15, 0.2) is 22.7 Å². The van der Waals surface area contributed by atoms with E-state index in [4.69, 9.17) is 9.47 Å². The van der Waals surface area contributed by atoms with E-state index in [0.29, 0.717) is 32.0 Å². The van der Waals surface area contributed by atoms with E-state index in [0.717, 1.165) is 4.47 Å². The lowest BCUT2D eigenvalue weighted by Gasteiger charge is -2.24. The van der Waals surface area contributed by atoms with E-state index < -0.39 is 0 Å². The number of hydrogen-bond donors (Lipinski definition) is 0. The summed E-state index contributed by atoms with van der Waals surface area (Å²) in [5, 5.41) is 0. The number of nitrogens with zero attached hydrogens (tertiary/aromatic N) is 1. The maximum Gasteiger partial charge on any atom is 0.146 e. The molecule has 0 aliphatic rings. The maximum atomic E-state index is 13.7. The van der Waals surface area contributed by atoms with Crippen LogP contribution < -0.4 is 4.90 Å². The third kappa shape index (κ3) is 4.61. The summed E-state index contributed by atoms with van der Waals surface area (Å²) < 4.78 is 24.6. The van der Waals surface area contributed by atoms with Crippen LogP contribution in [0.2, 0.25) is 0 Å². The van der Waals surface area contributed by atoms with E-state index in [9.17, 15) is 4.39 Å². The first-order chi connectivity index (χ1) is 8.19. The van der Waals surface area contributed by atoms with Gasteiger partial charge in [-0.3, -0.25) is 0 Å². The smallest absolute Gasteiger partial charge is 0.146 e. The highest BCUT2D eigenvalue weighted by Crippen LogP contribution is 2.23. The van der Waals surface area contributed by atoms with E-state index in [-0.39, 0.29) is 5.82 Å². The third-order valence-corrected chi connectivity index (χ3v) is 2.87. The summed E-state index contributed by atoms with van der Waals surface area (Å²) in [6.07, 6.45) is 0. The topological polar surface area (TPSA) is 21.7 Å². The molecule has 0 aliphatic heterocycles. The summed E-state index contributed by atoms with van der Waals surface area (Å²) >= 11 is 3.35. The van der Waals surface area contributed by atoms with E-state index in [1.807, 2.05) is 4.90 Å². The van der Waals surface area contributed by atoms with Gasteiger partial charge in [-0.15, -0.1) is 0 Å². The molecular weight excluding hydrogens is 289 g/mol. The Labute approximate surface area is 110 Å². The molecule has 0 saturated carbocycles. The Bertz CT molecular complexity index is 341. The summed E-state index contributed by atoms with van der Waals surface area (Å²) in [5.41, 5.74) is 0.563. The van der Waals surface area contributed by atoms with Crippen LogP contribution in [0.25, 0.3) is 0 Å². The van der Waals surface area contributed by atoms with Crippen LogP contribution in [0, 0.1) is 5.82 Å². The number of methoxy groups -OCH3 is 2. The minimum absolute atomic E-state index is 0.236. The molecule has 0 atom stereocenters. The zero-order valence-electron chi connectivity index (χ0n) is 10.1. The van der Waals surface area contributed by atoms with Gasteiger partial charge in [-0.05, 0) is 18.2 Å². The molecule has 0 saturated heterocycles. The van der Waals surface area contributed by atoms with Gasteiger partial charge in [0.15, 0.2) is 0 Å². The molecule has 0 spiro atoms. The van der Waals surface area contributed by atoms with Gasteiger partial charge in [-0.1, -0.05) is 15.9 Å². The molecule has 0 fully saturated rings. The highest BCUT2D eigenvalue weighted by Gasteiger charge is 2.11. The lowest BCUT2D eigenvalue weighted by atomic mass is 10.2. The third-order valence-electron chi connectivity index (χ3n) is 2.38. The van der Waals surface area contributed by atoms with Crippen molar-refractivity contribution < 1.29 is 13.9 Å². The van der Waals surface area contributed by atoms with Crippen molar-refractivity contribution in [3.05, 3.63) is 28.5 Å². The Kier molecular flexibility index (Phi) is 6.47. The van der Waals surface area contributed by atoms with Crippen molar-refractivity contribution >= 4 is 21.6 Å². The molecule has 0 amide bonds. The van der Waals surface area contributed by atoms with Crippen molar-refractivity contribution in [1.82, 2.24) is 0 Å². The molecule has 0 radical (unpaired) electrons. The van der Waals surface area contributed by atoms with Crippen molar-refractivity contribution in [3.63, 3.8) is 0 Å². The van der Waals surface area contributed by atoms with E-state index in [2.05, 4.69) is 15.9 Å². The standard InChI is InChI=1S/C12H17BrFNO2/c1-16-7-5-15(6-8-17-2)12-9-10(13)3-4-11(12)14/h3-4,9H,5-8H2,1-2H3. The molecule has 17 heavy (non-hydrogen) atoms. The molecule has 3 nitrogen and oxygen atoms in total. The summed E-state index contributed by atoms with van der Waals surface area (Å²) in [6.45, 7) is 2.37. The van der Waals surface area contributed by atoms with Crippen LogP contribution in [0.1, 0.15) is 0 Å². The van der Waals surface area contributed by atoms with Crippen LogP contribution in [-0.2, 0) is 9.47 Å². The predicted molar refractivity (Wildman–Crippen MR) is 70.1 cm³/mol. The second-order valence-electron chi connectivity index (χ2n) is 3.57. The van der Waals surface area contributed by atoms with Gasteiger partial charge in [0.1, 0.15) is 5.82 Å². The van der Waals surface area contributed by atoms with Crippen LogP contribution in [-0.4, -0.2) is 40.5 Å². The van der Waals surface area contributed by atoms with Crippen LogP contribution in [0.5, 0.6) is 0 Å². The van der Waals surface area contributed by atoms with Crippen LogP contribution >= 0.6 is 15.9 Å². The first-order valence-electron chi connectivity index (χ1n) is 5.37. The minimum Gasteiger partial charge on any atom is -0.383 e. The van der Waals surface area contributed by atoms with E-state index in [1.165, 1.54) is 6.07 Å². The minimum atomic E-state index is -0.236. The fourth-order valence-electron chi connectivity index (χ4n) is 1.48. The number of rotatable bonds is 7. The van der Waals surface area contributed by atoms with Crippen molar-refractivity contribution in [2.24, 2.45) is 0 Å². The largest absolute Gasteiger partial charge is 0.383 e. The van der Waals surface area contributed by atoms with Crippen LogP contribution in [0.3, 0.4) is 0 Å². The lowest BCUT2D eigenvalue weighted by Crippen LogP contribution is -2.31. The van der Waals surface area contributed by atoms with Gasteiger partial charge in [-0.25, -0.2) is 4.39 Å². The molecule has 0 aliphatic carbocycles. The fourth-order valence-corrected chi connectivity index (χ4v) is 1.83. The van der Waals surface area contributed by atoms with Gasteiger partial charge < -0.3 is 14.4 Å². The van der Waals surface area contributed by atoms with Gasteiger partial charge in [0, 0.05) is 31.8 Å². The predicted octanol–water partition coefficient (Wildman–Crippen LogP) is 2.69. The summed E-state index contributed by atoms with van der Waals surface area (Å²) in [7, 11) is 3.26. The Morgan fingerprint density at radius 1 is 1.18 bits per heavy atom. The highest BCUT2D eigenvalue weighted by molar-refractivity contribution is 9.10. The molecule has 0 aromatic heterocycles. The molecule has 1 aromatic rings. The SMILES string of the molecule is COCCN(CCOC)c1cc(Br)ccc1F.